The third kappa shape index (κ3) is 3.88. The van der Waals surface area contributed by atoms with Gasteiger partial charge in [0.25, 0.3) is 0 Å². The molecule has 0 radical (unpaired) electrons. The van der Waals surface area contributed by atoms with Gasteiger partial charge in [-0.15, -0.1) is 0 Å². The third-order valence-electron chi connectivity index (χ3n) is 2.76. The summed E-state index contributed by atoms with van der Waals surface area (Å²) in [5, 5.41) is 0.775. The van der Waals surface area contributed by atoms with E-state index in [1.165, 1.54) is 24.3 Å². The number of rotatable bonds is 4. The van der Waals surface area contributed by atoms with E-state index in [-0.39, 0.29) is 21.6 Å². The molecule has 0 aromatic heterocycles. The maximum absolute atomic E-state index is 13.0. The van der Waals surface area contributed by atoms with Gasteiger partial charge in [-0.2, -0.15) is 0 Å². The normalized spacial score (nSPS) is 12.0. The van der Waals surface area contributed by atoms with Crippen molar-refractivity contribution in [1.82, 2.24) is 0 Å². The van der Waals surface area contributed by atoms with E-state index in [0.717, 1.165) is 6.07 Å². The first-order valence-corrected chi connectivity index (χ1v) is 7.13. The summed E-state index contributed by atoms with van der Waals surface area (Å²) < 4.78 is 18.4. The van der Waals surface area contributed by atoms with Crippen molar-refractivity contribution in [3.8, 4) is 5.75 Å². The summed E-state index contributed by atoms with van der Waals surface area (Å²) in [6.45, 7) is 1.56. The van der Waals surface area contributed by atoms with E-state index in [4.69, 9.17) is 39.5 Å². The lowest BCUT2D eigenvalue weighted by Gasteiger charge is -2.15. The number of halogens is 4. The van der Waals surface area contributed by atoms with Crippen LogP contribution in [0.25, 0.3) is 0 Å². The first-order valence-electron chi connectivity index (χ1n) is 5.99. The Bertz CT molecular complexity index is 689. The summed E-state index contributed by atoms with van der Waals surface area (Å²) in [5.74, 6) is -0.576. The van der Waals surface area contributed by atoms with Gasteiger partial charge in [-0.1, -0.05) is 34.8 Å². The third-order valence-corrected chi connectivity index (χ3v) is 3.61. The molecule has 0 saturated heterocycles. The molecule has 0 saturated carbocycles. The van der Waals surface area contributed by atoms with Gasteiger partial charge in [0.05, 0.1) is 10.0 Å². The van der Waals surface area contributed by atoms with Gasteiger partial charge < -0.3 is 4.74 Å². The van der Waals surface area contributed by atoms with Crippen molar-refractivity contribution in [1.29, 1.82) is 0 Å². The smallest absolute Gasteiger partial charge is 0.204 e. The predicted octanol–water partition coefficient (Wildman–Crippen LogP) is 5.44. The molecule has 0 fully saturated rings. The van der Waals surface area contributed by atoms with Crippen LogP contribution in [0.4, 0.5) is 4.39 Å². The van der Waals surface area contributed by atoms with E-state index >= 15 is 0 Å². The summed E-state index contributed by atoms with van der Waals surface area (Å²) in [5.41, 5.74) is 0.298. The van der Waals surface area contributed by atoms with E-state index in [1.807, 2.05) is 0 Å². The van der Waals surface area contributed by atoms with Crippen molar-refractivity contribution in [3.05, 3.63) is 62.8 Å². The number of carbonyl (C=O) groups is 1. The summed E-state index contributed by atoms with van der Waals surface area (Å²) in [6.07, 6.45) is -0.827. The molecule has 2 nitrogen and oxygen atoms in total. The molecule has 1 unspecified atom stereocenters. The van der Waals surface area contributed by atoms with E-state index in [9.17, 15) is 9.18 Å². The first kappa shape index (κ1) is 16.1. The lowest BCUT2D eigenvalue weighted by Crippen LogP contribution is -2.24. The quantitative estimate of drug-likeness (QED) is 0.689. The first-order chi connectivity index (χ1) is 9.88. The van der Waals surface area contributed by atoms with Crippen LogP contribution < -0.4 is 4.74 Å². The van der Waals surface area contributed by atoms with Crippen LogP contribution in [-0.2, 0) is 0 Å². The summed E-state index contributed by atoms with van der Waals surface area (Å²) >= 11 is 17.6. The summed E-state index contributed by atoms with van der Waals surface area (Å²) in [6, 6.07) is 8.26. The molecule has 0 aliphatic carbocycles. The molecule has 0 aliphatic heterocycles. The lowest BCUT2D eigenvalue weighted by atomic mass is 10.1. The van der Waals surface area contributed by atoms with Crippen LogP contribution in [0.2, 0.25) is 15.1 Å². The number of hydrogen-bond donors (Lipinski definition) is 0. The Labute approximate surface area is 136 Å². The summed E-state index contributed by atoms with van der Waals surface area (Å²) in [4.78, 5) is 12.3. The Morgan fingerprint density at radius 2 is 1.81 bits per heavy atom. The van der Waals surface area contributed by atoms with Gasteiger partial charge in [0.1, 0.15) is 11.6 Å². The van der Waals surface area contributed by atoms with Crippen LogP contribution in [0, 0.1) is 5.82 Å². The van der Waals surface area contributed by atoms with Crippen LogP contribution in [0.1, 0.15) is 17.3 Å². The minimum Gasteiger partial charge on any atom is -0.481 e. The Kier molecular flexibility index (Phi) is 5.09. The molecule has 0 aliphatic rings. The molecule has 0 spiro atoms. The highest BCUT2D eigenvalue weighted by Gasteiger charge is 2.20. The van der Waals surface area contributed by atoms with E-state index in [2.05, 4.69) is 0 Å². The van der Waals surface area contributed by atoms with Crippen LogP contribution in [-0.4, -0.2) is 11.9 Å². The lowest BCUT2D eigenvalue weighted by molar-refractivity contribution is 0.0818. The number of benzene rings is 2. The maximum atomic E-state index is 13.0. The van der Waals surface area contributed by atoms with Gasteiger partial charge in [0.2, 0.25) is 5.78 Å². The average molecular weight is 348 g/mol. The molecule has 21 heavy (non-hydrogen) atoms. The zero-order chi connectivity index (χ0) is 15.6. The monoisotopic (exact) mass is 346 g/mol. The molecular formula is C15H10Cl3FO2. The van der Waals surface area contributed by atoms with Crippen molar-refractivity contribution in [2.24, 2.45) is 0 Å². The van der Waals surface area contributed by atoms with E-state index < -0.39 is 11.9 Å². The predicted molar refractivity (Wildman–Crippen MR) is 82.3 cm³/mol. The Balaban J connectivity index is 2.19. The second kappa shape index (κ2) is 6.65. The zero-order valence-electron chi connectivity index (χ0n) is 10.9. The van der Waals surface area contributed by atoms with Gasteiger partial charge in [-0.25, -0.2) is 4.39 Å². The number of hydrogen-bond acceptors (Lipinski definition) is 2. The maximum Gasteiger partial charge on any atom is 0.204 e. The number of Topliss-reactive ketones (excluding diaryl/α,β-unsaturated/α-hetero) is 1. The molecule has 0 heterocycles. The Hall–Kier alpha value is -1.29. The number of ketones is 1. The zero-order valence-corrected chi connectivity index (χ0v) is 13.1. The Morgan fingerprint density at radius 3 is 2.43 bits per heavy atom. The van der Waals surface area contributed by atoms with Gasteiger partial charge >= 0.3 is 0 Å². The highest BCUT2D eigenvalue weighted by atomic mass is 35.5. The fourth-order valence-corrected chi connectivity index (χ4v) is 2.44. The number of carbonyl (C=O) groups excluding carboxylic acids is 1. The summed E-state index contributed by atoms with van der Waals surface area (Å²) in [7, 11) is 0. The molecule has 2 aromatic carbocycles. The van der Waals surface area contributed by atoms with Crippen molar-refractivity contribution in [3.63, 3.8) is 0 Å². The minimum atomic E-state index is -0.827. The molecule has 0 bridgehead atoms. The fourth-order valence-electron chi connectivity index (χ4n) is 1.72. The largest absolute Gasteiger partial charge is 0.481 e. The second-order valence-electron chi connectivity index (χ2n) is 4.32. The SMILES string of the molecule is CC(Oc1ccc(F)cc1Cl)C(=O)c1ccc(Cl)cc1Cl. The number of ether oxygens (including phenoxy) is 1. The van der Waals surface area contributed by atoms with Gasteiger partial charge in [0, 0.05) is 10.6 Å². The molecule has 2 rings (SSSR count). The highest BCUT2D eigenvalue weighted by Crippen LogP contribution is 2.28. The molecule has 110 valence electrons. The Morgan fingerprint density at radius 1 is 1.10 bits per heavy atom. The second-order valence-corrected chi connectivity index (χ2v) is 5.57. The highest BCUT2D eigenvalue weighted by molar-refractivity contribution is 6.37. The molecular weight excluding hydrogens is 338 g/mol. The van der Waals surface area contributed by atoms with Crippen molar-refractivity contribution in [2.75, 3.05) is 0 Å². The molecule has 1 atom stereocenters. The molecule has 6 heteroatoms. The van der Waals surface area contributed by atoms with Crippen LogP contribution in [0.5, 0.6) is 5.75 Å². The van der Waals surface area contributed by atoms with Gasteiger partial charge in [0.15, 0.2) is 6.10 Å². The van der Waals surface area contributed by atoms with Crippen molar-refractivity contribution >= 4 is 40.6 Å². The van der Waals surface area contributed by atoms with E-state index in [1.54, 1.807) is 13.0 Å². The van der Waals surface area contributed by atoms with Crippen LogP contribution in [0.15, 0.2) is 36.4 Å². The van der Waals surface area contributed by atoms with Crippen molar-refractivity contribution in [2.45, 2.75) is 13.0 Å². The molecule has 0 N–H and O–H groups in total. The standard InChI is InChI=1S/C15H10Cl3FO2/c1-8(21-14-5-3-10(19)7-13(14)18)15(20)11-4-2-9(16)6-12(11)17/h2-8H,1H3. The minimum absolute atomic E-state index is 0.0943. The molecule has 2 aromatic rings. The molecule has 0 amide bonds. The van der Waals surface area contributed by atoms with Gasteiger partial charge in [-0.3, -0.25) is 4.79 Å². The van der Waals surface area contributed by atoms with Crippen LogP contribution >= 0.6 is 34.8 Å². The fraction of sp³-hybridized carbons (Fsp3) is 0.133. The van der Waals surface area contributed by atoms with Gasteiger partial charge in [-0.05, 0) is 43.3 Å². The van der Waals surface area contributed by atoms with E-state index in [0.29, 0.717) is 10.6 Å². The topological polar surface area (TPSA) is 26.3 Å². The van der Waals surface area contributed by atoms with Crippen LogP contribution in [0.3, 0.4) is 0 Å². The average Bonchev–Trinajstić information content (AvgIpc) is 2.41. The van der Waals surface area contributed by atoms with Crippen molar-refractivity contribution < 1.29 is 13.9 Å².